The van der Waals surface area contributed by atoms with E-state index in [0.717, 1.165) is 42.2 Å². The fourth-order valence-corrected chi connectivity index (χ4v) is 3.09. The normalized spacial score (nSPS) is 16.8. The Hall–Kier alpha value is -2.06. The molecule has 0 radical (unpaired) electrons. The summed E-state index contributed by atoms with van der Waals surface area (Å²) in [6.07, 6.45) is 3.50. The molecule has 1 saturated heterocycles. The van der Waals surface area contributed by atoms with Crippen molar-refractivity contribution < 1.29 is 4.92 Å². The third kappa shape index (κ3) is 3.70. The Morgan fingerprint density at radius 3 is 2.50 bits per heavy atom. The van der Waals surface area contributed by atoms with Crippen LogP contribution in [0.3, 0.4) is 0 Å². The molecule has 2 aromatic rings. The van der Waals surface area contributed by atoms with E-state index < -0.39 is 0 Å². The first-order valence-electron chi connectivity index (χ1n) is 7.75. The van der Waals surface area contributed by atoms with Crippen LogP contribution in [0.25, 0.3) is 0 Å². The van der Waals surface area contributed by atoms with E-state index in [2.05, 4.69) is 42.6 Å². The zero-order chi connectivity index (χ0) is 17.1. The van der Waals surface area contributed by atoms with Crippen LogP contribution in [0.15, 0.2) is 41.1 Å². The van der Waals surface area contributed by atoms with Crippen LogP contribution in [-0.4, -0.2) is 46.0 Å². The molecule has 126 valence electrons. The first-order chi connectivity index (χ1) is 11.5. The molecule has 1 fully saturated rings. The van der Waals surface area contributed by atoms with E-state index in [-0.39, 0.29) is 16.7 Å². The summed E-state index contributed by atoms with van der Waals surface area (Å²) in [6, 6.07) is 7.02. The van der Waals surface area contributed by atoms with Crippen LogP contribution in [0.1, 0.15) is 18.5 Å². The fourth-order valence-electron chi connectivity index (χ4n) is 2.89. The standard InChI is InChI=1S/C16H18BrN5O2/c1-12(13-3-2-4-15(9-13)22(23)24)20-5-7-21(8-6-20)16-18-10-14(17)11-19-16/h2-4,9-12H,5-8H2,1H3/t12-/m1/s1. The Labute approximate surface area is 148 Å². The van der Waals surface area contributed by atoms with Gasteiger partial charge in [0.25, 0.3) is 5.69 Å². The number of non-ortho nitro benzene ring substituents is 1. The molecular formula is C16H18BrN5O2. The molecule has 0 spiro atoms. The molecule has 8 heteroatoms. The highest BCUT2D eigenvalue weighted by Crippen LogP contribution is 2.25. The van der Waals surface area contributed by atoms with Gasteiger partial charge in [-0.2, -0.15) is 0 Å². The summed E-state index contributed by atoms with van der Waals surface area (Å²) < 4.78 is 0.865. The van der Waals surface area contributed by atoms with E-state index in [0.29, 0.717) is 0 Å². The molecule has 1 aromatic heterocycles. The Kier molecular flexibility index (Phi) is 5.06. The quantitative estimate of drug-likeness (QED) is 0.588. The van der Waals surface area contributed by atoms with Gasteiger partial charge in [0.15, 0.2) is 0 Å². The van der Waals surface area contributed by atoms with Crippen molar-refractivity contribution in [1.82, 2.24) is 14.9 Å². The summed E-state index contributed by atoms with van der Waals surface area (Å²) in [5.41, 5.74) is 1.11. The van der Waals surface area contributed by atoms with Crippen molar-refractivity contribution >= 4 is 27.6 Å². The molecule has 0 saturated carbocycles. The average molecular weight is 392 g/mol. The molecule has 0 bridgehead atoms. The highest BCUT2D eigenvalue weighted by molar-refractivity contribution is 9.10. The number of nitrogens with zero attached hydrogens (tertiary/aromatic N) is 5. The van der Waals surface area contributed by atoms with Gasteiger partial charge in [0.2, 0.25) is 5.95 Å². The van der Waals surface area contributed by atoms with E-state index >= 15 is 0 Å². The van der Waals surface area contributed by atoms with Gasteiger partial charge in [-0.25, -0.2) is 9.97 Å². The van der Waals surface area contributed by atoms with Crippen LogP contribution in [-0.2, 0) is 0 Å². The average Bonchev–Trinajstić information content (AvgIpc) is 2.62. The van der Waals surface area contributed by atoms with Gasteiger partial charge in [-0.3, -0.25) is 15.0 Å². The second-order valence-corrected chi connectivity index (χ2v) is 6.67. The highest BCUT2D eigenvalue weighted by atomic mass is 79.9. The molecule has 3 rings (SSSR count). The summed E-state index contributed by atoms with van der Waals surface area (Å²) in [5, 5.41) is 10.9. The maximum absolute atomic E-state index is 10.9. The topological polar surface area (TPSA) is 75.4 Å². The van der Waals surface area contributed by atoms with Crippen LogP contribution in [0.4, 0.5) is 11.6 Å². The summed E-state index contributed by atoms with van der Waals surface area (Å²) in [4.78, 5) is 23.8. The minimum absolute atomic E-state index is 0.137. The molecule has 7 nitrogen and oxygen atoms in total. The smallest absolute Gasteiger partial charge is 0.269 e. The number of nitro groups is 1. The van der Waals surface area contributed by atoms with Crippen LogP contribution >= 0.6 is 15.9 Å². The first kappa shape index (κ1) is 16.8. The van der Waals surface area contributed by atoms with Crippen molar-refractivity contribution in [1.29, 1.82) is 0 Å². The Balaban J connectivity index is 1.64. The van der Waals surface area contributed by atoms with Crippen molar-refractivity contribution in [3.8, 4) is 0 Å². The van der Waals surface area contributed by atoms with Crippen LogP contribution in [0.5, 0.6) is 0 Å². The fraction of sp³-hybridized carbons (Fsp3) is 0.375. The number of nitro benzene ring substituents is 1. The number of benzene rings is 1. The van der Waals surface area contributed by atoms with Crippen molar-refractivity contribution in [3.63, 3.8) is 0 Å². The number of aromatic nitrogens is 2. The van der Waals surface area contributed by atoms with Crippen LogP contribution in [0, 0.1) is 10.1 Å². The summed E-state index contributed by atoms with van der Waals surface area (Å²) in [7, 11) is 0. The predicted octanol–water partition coefficient (Wildman–Crippen LogP) is 3.03. The summed E-state index contributed by atoms with van der Waals surface area (Å²) in [6.45, 7) is 5.49. The number of halogens is 1. The first-order valence-corrected chi connectivity index (χ1v) is 8.55. The molecule has 0 unspecified atom stereocenters. The number of hydrogen-bond acceptors (Lipinski definition) is 6. The molecule has 0 amide bonds. The molecule has 24 heavy (non-hydrogen) atoms. The van der Waals surface area contributed by atoms with Gasteiger partial charge < -0.3 is 4.90 Å². The molecular weight excluding hydrogens is 374 g/mol. The lowest BCUT2D eigenvalue weighted by molar-refractivity contribution is -0.384. The lowest BCUT2D eigenvalue weighted by Crippen LogP contribution is -2.47. The monoisotopic (exact) mass is 391 g/mol. The van der Waals surface area contributed by atoms with Crippen LogP contribution < -0.4 is 4.90 Å². The van der Waals surface area contributed by atoms with E-state index in [1.807, 2.05) is 6.07 Å². The lowest BCUT2D eigenvalue weighted by Gasteiger charge is -2.38. The van der Waals surface area contributed by atoms with Gasteiger partial charge in [-0.15, -0.1) is 0 Å². The van der Waals surface area contributed by atoms with Gasteiger partial charge in [0.05, 0.1) is 9.40 Å². The zero-order valence-electron chi connectivity index (χ0n) is 13.3. The van der Waals surface area contributed by atoms with Crippen molar-refractivity contribution in [2.45, 2.75) is 13.0 Å². The highest BCUT2D eigenvalue weighted by Gasteiger charge is 2.24. The number of anilines is 1. The molecule has 0 aliphatic carbocycles. The van der Waals surface area contributed by atoms with Gasteiger partial charge in [-0.1, -0.05) is 12.1 Å². The van der Waals surface area contributed by atoms with E-state index in [1.54, 1.807) is 24.5 Å². The Morgan fingerprint density at radius 1 is 1.21 bits per heavy atom. The minimum atomic E-state index is -0.348. The Morgan fingerprint density at radius 2 is 1.88 bits per heavy atom. The summed E-state index contributed by atoms with van der Waals surface area (Å²) >= 11 is 3.34. The van der Waals surface area contributed by atoms with E-state index in [1.165, 1.54) is 6.07 Å². The molecule has 1 aliphatic heterocycles. The molecule has 1 aromatic carbocycles. The second-order valence-electron chi connectivity index (χ2n) is 5.75. The third-order valence-electron chi connectivity index (χ3n) is 4.31. The molecule has 1 atom stereocenters. The molecule has 1 aliphatic rings. The number of hydrogen-bond donors (Lipinski definition) is 0. The second kappa shape index (κ2) is 7.23. The van der Waals surface area contributed by atoms with Gasteiger partial charge >= 0.3 is 0 Å². The third-order valence-corrected chi connectivity index (χ3v) is 4.72. The van der Waals surface area contributed by atoms with E-state index in [9.17, 15) is 10.1 Å². The number of rotatable bonds is 4. The largest absolute Gasteiger partial charge is 0.338 e. The van der Waals surface area contributed by atoms with Gasteiger partial charge in [0, 0.05) is 56.7 Å². The van der Waals surface area contributed by atoms with E-state index in [4.69, 9.17) is 0 Å². The van der Waals surface area contributed by atoms with Crippen molar-refractivity contribution in [2.75, 3.05) is 31.1 Å². The molecule has 2 heterocycles. The Bertz CT molecular complexity index is 717. The van der Waals surface area contributed by atoms with Crippen molar-refractivity contribution in [3.05, 3.63) is 56.8 Å². The molecule has 0 N–H and O–H groups in total. The SMILES string of the molecule is C[C@H](c1cccc([N+](=O)[O-])c1)N1CCN(c2ncc(Br)cn2)CC1. The maximum Gasteiger partial charge on any atom is 0.269 e. The summed E-state index contributed by atoms with van der Waals surface area (Å²) in [5.74, 6) is 0.737. The van der Waals surface area contributed by atoms with Crippen LogP contribution in [0.2, 0.25) is 0 Å². The minimum Gasteiger partial charge on any atom is -0.338 e. The van der Waals surface area contributed by atoms with Crippen molar-refractivity contribution in [2.24, 2.45) is 0 Å². The lowest BCUT2D eigenvalue weighted by atomic mass is 10.1. The predicted molar refractivity (Wildman–Crippen MR) is 95.0 cm³/mol. The number of piperazine rings is 1. The zero-order valence-corrected chi connectivity index (χ0v) is 14.9. The maximum atomic E-state index is 10.9. The van der Waals surface area contributed by atoms with Gasteiger partial charge in [-0.05, 0) is 28.4 Å². The van der Waals surface area contributed by atoms with Gasteiger partial charge in [0.1, 0.15) is 0 Å².